The van der Waals surface area contributed by atoms with Gasteiger partial charge in [-0.25, -0.2) is 14.4 Å². The first-order valence-corrected chi connectivity index (χ1v) is 20.7. The zero-order valence-electron chi connectivity index (χ0n) is 37.3. The van der Waals surface area contributed by atoms with Gasteiger partial charge in [-0.15, -0.1) is 0 Å². The molecule has 7 N–H and O–H groups in total. The van der Waals surface area contributed by atoms with Crippen molar-refractivity contribution in [1.29, 1.82) is 0 Å². The molecule has 3 amide bonds. The Hall–Kier alpha value is -3.26. The summed E-state index contributed by atoms with van der Waals surface area (Å²) >= 11 is 0. The molecule has 1 saturated heterocycles. The number of alkyl carbamates (subject to hydrolysis) is 2. The summed E-state index contributed by atoms with van der Waals surface area (Å²) < 4.78 is 36.6. The lowest BCUT2D eigenvalue weighted by atomic mass is 9.68. The summed E-state index contributed by atoms with van der Waals surface area (Å²) in [6.45, 7) is 21.2. The molecule has 1 aliphatic carbocycles. The molecule has 2 heterocycles. The molecule has 13 unspecified atom stereocenters. The van der Waals surface area contributed by atoms with Gasteiger partial charge in [0, 0.05) is 37.5 Å². The van der Waals surface area contributed by atoms with Crippen molar-refractivity contribution in [2.75, 3.05) is 33.4 Å². The molecule has 2 aliphatic heterocycles. The van der Waals surface area contributed by atoms with E-state index < -0.39 is 114 Å². The highest BCUT2D eigenvalue weighted by Gasteiger charge is 2.53. The molecule has 18 heteroatoms. The van der Waals surface area contributed by atoms with E-state index >= 15 is 0 Å². The number of carbonyl (C=O) groups excluding carboxylic acids is 4. The number of amides is 3. The summed E-state index contributed by atoms with van der Waals surface area (Å²) in [5.41, 5.74) is -2.39. The zero-order chi connectivity index (χ0) is 44.6. The summed E-state index contributed by atoms with van der Waals surface area (Å²) in [7, 11) is 1.56. The number of aliphatic hydroxyl groups is 3. The average Bonchev–Trinajstić information content (AvgIpc) is 3.09. The van der Waals surface area contributed by atoms with Crippen molar-refractivity contribution in [3.8, 4) is 0 Å². The quantitative estimate of drug-likeness (QED) is 0.0984. The Labute approximate surface area is 349 Å². The fourth-order valence-electron chi connectivity index (χ4n) is 7.88. The molecular formula is C41H73N5O13. The van der Waals surface area contributed by atoms with E-state index in [0.717, 1.165) is 6.29 Å². The van der Waals surface area contributed by atoms with E-state index in [0.29, 0.717) is 12.2 Å². The molecule has 13 atom stereocenters. The van der Waals surface area contributed by atoms with E-state index in [2.05, 4.69) is 21.3 Å². The summed E-state index contributed by atoms with van der Waals surface area (Å²) in [6, 6.07) is -3.33. The van der Waals surface area contributed by atoms with E-state index in [9.17, 15) is 34.5 Å². The average molecular weight is 844 g/mol. The van der Waals surface area contributed by atoms with Crippen LogP contribution in [-0.2, 0) is 33.2 Å². The maximum Gasteiger partial charge on any atom is 0.410 e. The first-order chi connectivity index (χ1) is 27.2. The van der Waals surface area contributed by atoms with Gasteiger partial charge in [0.15, 0.2) is 6.29 Å². The summed E-state index contributed by atoms with van der Waals surface area (Å²) in [5.74, 6) is -0.957. The topological polar surface area (TPSA) is 236 Å². The monoisotopic (exact) mass is 844 g/mol. The first-order valence-electron chi connectivity index (χ1n) is 20.7. The van der Waals surface area contributed by atoms with Crippen LogP contribution < -0.4 is 21.3 Å². The number of aliphatic hydroxyl groups excluding tert-OH is 3. The minimum Gasteiger partial charge on any atom is -0.491 e. The highest BCUT2D eigenvalue weighted by atomic mass is 16.7. The molecular weight excluding hydrogens is 770 g/mol. The van der Waals surface area contributed by atoms with Gasteiger partial charge < -0.3 is 74.7 Å². The normalized spacial score (nSPS) is 31.4. The van der Waals surface area contributed by atoms with Crippen molar-refractivity contribution in [2.45, 2.75) is 174 Å². The van der Waals surface area contributed by atoms with Gasteiger partial charge in [0.05, 0.1) is 50.1 Å². The minimum absolute atomic E-state index is 0.0920. The summed E-state index contributed by atoms with van der Waals surface area (Å²) in [5, 5.41) is 43.6. The number of rotatable bonds is 14. The Morgan fingerprint density at radius 2 is 1.53 bits per heavy atom. The van der Waals surface area contributed by atoms with Gasteiger partial charge in [-0.3, -0.25) is 0 Å². The van der Waals surface area contributed by atoms with Gasteiger partial charge in [0.25, 0.3) is 0 Å². The van der Waals surface area contributed by atoms with E-state index in [1.54, 1.807) is 76.3 Å². The maximum absolute atomic E-state index is 13.5. The van der Waals surface area contributed by atoms with E-state index in [1.165, 1.54) is 4.90 Å². The number of carbonyl (C=O) groups is 4. The lowest BCUT2D eigenvalue weighted by molar-refractivity contribution is -0.276. The largest absolute Gasteiger partial charge is 0.491 e. The van der Waals surface area contributed by atoms with Crippen LogP contribution in [0.3, 0.4) is 0 Å². The van der Waals surface area contributed by atoms with Gasteiger partial charge in [-0.05, 0) is 94.1 Å². The Morgan fingerprint density at radius 3 is 2.07 bits per heavy atom. The first kappa shape index (κ1) is 50.1. The molecule has 0 aromatic carbocycles. The van der Waals surface area contributed by atoms with Crippen molar-refractivity contribution in [2.24, 2.45) is 17.8 Å². The maximum atomic E-state index is 13.5. The number of likely N-dealkylation sites (N-methyl/N-ethyl adjacent to an activating group) is 1. The minimum atomic E-state index is -1.31. The molecule has 3 aliphatic rings. The molecule has 2 fully saturated rings. The Morgan fingerprint density at radius 1 is 0.949 bits per heavy atom. The third-order valence-corrected chi connectivity index (χ3v) is 10.3. The van der Waals surface area contributed by atoms with E-state index in [1.807, 2.05) is 19.9 Å². The fourth-order valence-corrected chi connectivity index (χ4v) is 7.88. The number of aldehydes is 1. The summed E-state index contributed by atoms with van der Waals surface area (Å²) in [6.07, 6.45) is -4.03. The van der Waals surface area contributed by atoms with Gasteiger partial charge in [0.2, 0.25) is 0 Å². The highest BCUT2D eigenvalue weighted by Crippen LogP contribution is 2.41. The molecule has 0 radical (unpaired) electrons. The van der Waals surface area contributed by atoms with Crippen LogP contribution >= 0.6 is 0 Å². The van der Waals surface area contributed by atoms with Crippen LogP contribution in [-0.4, -0.2) is 156 Å². The van der Waals surface area contributed by atoms with Gasteiger partial charge in [-0.1, -0.05) is 13.8 Å². The summed E-state index contributed by atoms with van der Waals surface area (Å²) in [4.78, 5) is 53.5. The lowest BCUT2D eigenvalue weighted by Crippen LogP contribution is -2.67. The zero-order valence-corrected chi connectivity index (χ0v) is 37.3. The number of nitrogens with one attached hydrogen (secondary N) is 4. The van der Waals surface area contributed by atoms with Crippen molar-refractivity contribution < 1.29 is 62.9 Å². The molecule has 1 saturated carbocycles. The standard InChI is InChI=1S/C41H73N5O13/c1-22-21-54-35(32(50)31(22)46(13)38(53)59-41(10,11)12)56-33-24(3)30(28(16-29(33)43-23(2)19-47)45-37(52)58-40(7,8)9)34-27(44-36(51)57-39(4,5)6)15-14-26(55-34)18-42-17-25(49)20-48/h14,19,22-25,27-35,42-43,48-50H,15-18,20-21H2,1-13H3,(H,44,51)(H,45,52). The number of nitrogens with zero attached hydrogens (tertiary/aromatic N) is 1. The fraction of sp³-hybridized carbons (Fsp3) is 0.854. The smallest absolute Gasteiger partial charge is 0.410 e. The predicted octanol–water partition coefficient (Wildman–Crippen LogP) is 2.56. The van der Waals surface area contributed by atoms with Gasteiger partial charge in [0.1, 0.15) is 41.1 Å². The predicted molar refractivity (Wildman–Crippen MR) is 217 cm³/mol. The molecule has 0 aromatic heterocycles. The number of ether oxygens (including phenoxy) is 6. The van der Waals surface area contributed by atoms with Crippen molar-refractivity contribution >= 4 is 24.6 Å². The molecule has 0 spiro atoms. The molecule has 0 aromatic rings. The third kappa shape index (κ3) is 15.3. The Kier molecular flexibility index (Phi) is 17.8. The van der Waals surface area contributed by atoms with Crippen LogP contribution in [0.2, 0.25) is 0 Å². The van der Waals surface area contributed by atoms with Crippen LogP contribution in [0.4, 0.5) is 14.4 Å². The molecule has 18 nitrogen and oxygen atoms in total. The Balaban J connectivity index is 2.10. The van der Waals surface area contributed by atoms with Crippen molar-refractivity contribution in [1.82, 2.24) is 26.2 Å². The lowest BCUT2D eigenvalue weighted by Gasteiger charge is -2.52. The van der Waals surface area contributed by atoms with Crippen LogP contribution in [0.1, 0.15) is 95.9 Å². The van der Waals surface area contributed by atoms with E-state index in [4.69, 9.17) is 28.4 Å². The number of hydrogen-bond acceptors (Lipinski definition) is 15. The highest BCUT2D eigenvalue weighted by molar-refractivity contribution is 5.69. The van der Waals surface area contributed by atoms with Crippen LogP contribution in [0.15, 0.2) is 11.8 Å². The second-order valence-corrected chi connectivity index (χ2v) is 19.2. The van der Waals surface area contributed by atoms with Crippen LogP contribution in [0.25, 0.3) is 0 Å². The van der Waals surface area contributed by atoms with Gasteiger partial charge >= 0.3 is 18.3 Å². The number of hydrogen-bond donors (Lipinski definition) is 7. The Bertz CT molecular complexity index is 1430. The molecule has 59 heavy (non-hydrogen) atoms. The van der Waals surface area contributed by atoms with Crippen LogP contribution in [0.5, 0.6) is 0 Å². The molecule has 340 valence electrons. The molecule has 3 rings (SSSR count). The SMILES string of the molecule is CC(C=O)NC1CC(NC(=O)OC(C)(C)C)C(C2OC(CNCC(O)CO)=CCC2NC(=O)OC(C)(C)C)C(C)C1OC1OCC(C)C(N(C)C(=O)OC(C)(C)C)C1O. The van der Waals surface area contributed by atoms with E-state index in [-0.39, 0.29) is 32.0 Å². The van der Waals surface area contributed by atoms with Crippen molar-refractivity contribution in [3.05, 3.63) is 11.8 Å². The second kappa shape index (κ2) is 21.0. The van der Waals surface area contributed by atoms with Crippen LogP contribution in [0, 0.1) is 17.8 Å². The van der Waals surface area contributed by atoms with Gasteiger partial charge in [-0.2, -0.15) is 0 Å². The van der Waals surface area contributed by atoms with Crippen molar-refractivity contribution in [3.63, 3.8) is 0 Å². The third-order valence-electron chi connectivity index (χ3n) is 10.3. The molecule has 0 bridgehead atoms. The second-order valence-electron chi connectivity index (χ2n) is 19.2.